The zero-order valence-electron chi connectivity index (χ0n) is 13.3. The number of carbonyl (C=O) groups excluding carboxylic acids is 1. The van der Waals surface area contributed by atoms with Crippen LogP contribution >= 0.6 is 0 Å². The second kappa shape index (κ2) is 6.39. The average Bonchev–Trinajstić information content (AvgIpc) is 2.48. The number of hydrogen-bond acceptors (Lipinski definition) is 2. The highest BCUT2D eigenvalue weighted by molar-refractivity contribution is 6.05. The van der Waals surface area contributed by atoms with Crippen molar-refractivity contribution in [2.24, 2.45) is 0 Å². The summed E-state index contributed by atoms with van der Waals surface area (Å²) in [6.45, 7) is 6.37. The van der Waals surface area contributed by atoms with Gasteiger partial charge in [-0.15, -0.1) is 0 Å². The summed E-state index contributed by atoms with van der Waals surface area (Å²) in [6.07, 6.45) is -4.49. The van der Waals surface area contributed by atoms with E-state index in [0.717, 1.165) is 0 Å². The molecule has 0 aliphatic carbocycles. The Balaban J connectivity index is 2.32. The van der Waals surface area contributed by atoms with E-state index in [1.807, 2.05) is 0 Å². The van der Waals surface area contributed by atoms with Crippen molar-refractivity contribution in [1.82, 2.24) is 0 Å². The lowest BCUT2D eigenvalue weighted by Crippen LogP contribution is -2.15. The molecule has 0 aromatic heterocycles. The molecule has 0 aliphatic heterocycles. The lowest BCUT2D eigenvalue weighted by atomic mass is 9.99. The van der Waals surface area contributed by atoms with Crippen molar-refractivity contribution in [3.05, 3.63) is 65.2 Å². The molecule has 0 saturated carbocycles. The molecule has 0 unspecified atom stereocenters. The number of allylic oxidation sites excluding steroid dienone is 1. The van der Waals surface area contributed by atoms with Gasteiger partial charge in [-0.25, -0.2) is 0 Å². The topological polar surface area (TPSA) is 55.1 Å². The second-order valence-corrected chi connectivity index (χ2v) is 5.54. The molecule has 3 nitrogen and oxygen atoms in total. The van der Waals surface area contributed by atoms with Crippen LogP contribution in [0.1, 0.15) is 27.0 Å². The summed E-state index contributed by atoms with van der Waals surface area (Å²) >= 11 is 0. The monoisotopic (exact) mass is 334 g/mol. The van der Waals surface area contributed by atoms with Gasteiger partial charge in [-0.1, -0.05) is 12.6 Å². The van der Waals surface area contributed by atoms with Crippen LogP contribution in [-0.2, 0) is 0 Å². The highest BCUT2D eigenvalue weighted by atomic mass is 19.4. The van der Waals surface area contributed by atoms with E-state index >= 15 is 0 Å². The smallest absolute Gasteiger partial charge is 0.399 e. The molecule has 0 fully saturated rings. The lowest BCUT2D eigenvalue weighted by molar-refractivity contribution is -0.0686. The van der Waals surface area contributed by atoms with Crippen molar-refractivity contribution in [2.75, 3.05) is 11.1 Å². The van der Waals surface area contributed by atoms with Gasteiger partial charge >= 0.3 is 6.18 Å². The Bertz CT molecular complexity index is 787. The maximum atomic E-state index is 12.8. The Morgan fingerprint density at radius 2 is 1.67 bits per heavy atom. The molecule has 0 atom stereocenters. The summed E-state index contributed by atoms with van der Waals surface area (Å²) < 4.78 is 38.4. The summed E-state index contributed by atoms with van der Waals surface area (Å²) in [5, 5.41) is 2.72. The third kappa shape index (κ3) is 3.76. The van der Waals surface area contributed by atoms with E-state index in [0.29, 0.717) is 28.1 Å². The van der Waals surface area contributed by atoms with Crippen LogP contribution in [0.4, 0.5) is 24.5 Å². The minimum Gasteiger partial charge on any atom is -0.399 e. The summed E-state index contributed by atoms with van der Waals surface area (Å²) in [5.74, 6) is -0.379. The van der Waals surface area contributed by atoms with Gasteiger partial charge in [-0.2, -0.15) is 13.2 Å². The number of amides is 1. The van der Waals surface area contributed by atoms with Crippen molar-refractivity contribution in [3.8, 4) is 0 Å². The van der Waals surface area contributed by atoms with Crippen LogP contribution in [-0.4, -0.2) is 12.1 Å². The molecule has 0 aliphatic rings. The Kier molecular flexibility index (Phi) is 4.68. The van der Waals surface area contributed by atoms with Gasteiger partial charge in [-0.3, -0.25) is 4.79 Å². The molecule has 0 bridgehead atoms. The molecular formula is C18H17F3N2O. The molecule has 126 valence electrons. The predicted molar refractivity (Wildman–Crippen MR) is 89.8 cm³/mol. The number of rotatable bonds is 3. The molecule has 2 aromatic carbocycles. The van der Waals surface area contributed by atoms with Gasteiger partial charge in [0.05, 0.1) is 5.57 Å². The SMILES string of the molecule is C=C(c1cc(C)c(NC(=O)c2cccc(N)c2)c(C)c1)C(F)(F)F. The van der Waals surface area contributed by atoms with Gasteiger partial charge < -0.3 is 11.1 Å². The molecule has 0 spiro atoms. The quantitative estimate of drug-likeness (QED) is 0.799. The zero-order chi connectivity index (χ0) is 18.1. The van der Waals surface area contributed by atoms with Crippen LogP contribution in [0.3, 0.4) is 0 Å². The van der Waals surface area contributed by atoms with E-state index in [-0.39, 0.29) is 11.5 Å². The van der Waals surface area contributed by atoms with Gasteiger partial charge in [0.25, 0.3) is 5.91 Å². The number of aryl methyl sites for hydroxylation is 2. The third-order valence-electron chi connectivity index (χ3n) is 3.61. The number of halogens is 3. The molecule has 3 N–H and O–H groups in total. The van der Waals surface area contributed by atoms with Crippen molar-refractivity contribution in [1.29, 1.82) is 0 Å². The van der Waals surface area contributed by atoms with E-state index < -0.39 is 11.7 Å². The van der Waals surface area contributed by atoms with Gasteiger partial charge in [0.1, 0.15) is 0 Å². The fourth-order valence-electron chi connectivity index (χ4n) is 2.36. The number of hydrogen-bond donors (Lipinski definition) is 2. The Labute approximate surface area is 138 Å². The van der Waals surface area contributed by atoms with Crippen molar-refractivity contribution >= 4 is 22.9 Å². The fourth-order valence-corrected chi connectivity index (χ4v) is 2.36. The van der Waals surface area contributed by atoms with E-state index in [2.05, 4.69) is 11.9 Å². The highest BCUT2D eigenvalue weighted by Crippen LogP contribution is 2.35. The van der Waals surface area contributed by atoms with Crippen molar-refractivity contribution in [2.45, 2.75) is 20.0 Å². The number of carbonyl (C=O) groups is 1. The second-order valence-electron chi connectivity index (χ2n) is 5.54. The summed E-state index contributed by atoms with van der Waals surface area (Å²) in [7, 11) is 0. The first kappa shape index (κ1) is 17.6. The number of anilines is 2. The van der Waals surface area contributed by atoms with E-state index in [4.69, 9.17) is 5.73 Å². The maximum absolute atomic E-state index is 12.8. The van der Waals surface area contributed by atoms with E-state index in [1.54, 1.807) is 32.0 Å². The summed E-state index contributed by atoms with van der Waals surface area (Å²) in [6, 6.07) is 9.16. The molecular weight excluding hydrogens is 317 g/mol. The first-order valence-electron chi connectivity index (χ1n) is 7.14. The lowest BCUT2D eigenvalue weighted by Gasteiger charge is -2.16. The third-order valence-corrected chi connectivity index (χ3v) is 3.61. The molecule has 1 amide bonds. The number of nitrogen functional groups attached to an aromatic ring is 1. The Morgan fingerprint density at radius 1 is 1.08 bits per heavy atom. The zero-order valence-corrected chi connectivity index (χ0v) is 13.3. The average molecular weight is 334 g/mol. The predicted octanol–water partition coefficient (Wildman–Crippen LogP) is 4.71. The molecule has 6 heteroatoms. The van der Waals surface area contributed by atoms with Crippen LogP contribution in [0.25, 0.3) is 5.57 Å². The molecule has 24 heavy (non-hydrogen) atoms. The minimum atomic E-state index is -4.49. The molecule has 2 rings (SSSR count). The maximum Gasteiger partial charge on any atom is 0.416 e. The summed E-state index contributed by atoms with van der Waals surface area (Å²) in [5.41, 5.74) is 7.06. The molecule has 0 radical (unpaired) electrons. The van der Waals surface area contributed by atoms with E-state index in [1.165, 1.54) is 18.2 Å². The molecule has 2 aromatic rings. The Morgan fingerprint density at radius 3 is 2.17 bits per heavy atom. The number of nitrogens with one attached hydrogen (secondary N) is 1. The molecule has 0 heterocycles. The number of benzene rings is 2. The van der Waals surface area contributed by atoms with Crippen LogP contribution in [0, 0.1) is 13.8 Å². The van der Waals surface area contributed by atoms with Crippen molar-refractivity contribution < 1.29 is 18.0 Å². The van der Waals surface area contributed by atoms with Crippen LogP contribution in [0.5, 0.6) is 0 Å². The highest BCUT2D eigenvalue weighted by Gasteiger charge is 2.33. The standard InChI is InChI=1S/C18H17F3N2O/c1-10-7-14(12(3)18(19,20)21)8-11(2)16(10)23-17(24)13-5-4-6-15(22)9-13/h4-9H,3,22H2,1-2H3,(H,23,24). The van der Waals surface area contributed by atoms with E-state index in [9.17, 15) is 18.0 Å². The first-order valence-corrected chi connectivity index (χ1v) is 7.14. The number of alkyl halides is 3. The van der Waals surface area contributed by atoms with Gasteiger partial charge in [-0.05, 0) is 60.9 Å². The largest absolute Gasteiger partial charge is 0.416 e. The fraction of sp³-hybridized carbons (Fsp3) is 0.167. The Hall–Kier alpha value is -2.76. The van der Waals surface area contributed by atoms with Crippen LogP contribution < -0.4 is 11.1 Å². The molecule has 0 saturated heterocycles. The van der Waals surface area contributed by atoms with Gasteiger partial charge in [0.2, 0.25) is 0 Å². The first-order chi connectivity index (χ1) is 11.1. The normalized spacial score (nSPS) is 11.2. The number of nitrogens with two attached hydrogens (primary N) is 1. The van der Waals surface area contributed by atoms with Crippen LogP contribution in [0.2, 0.25) is 0 Å². The van der Waals surface area contributed by atoms with Crippen LogP contribution in [0.15, 0.2) is 43.0 Å². The van der Waals surface area contributed by atoms with Crippen molar-refractivity contribution in [3.63, 3.8) is 0 Å². The minimum absolute atomic E-state index is 0.0144. The van der Waals surface area contributed by atoms with Gasteiger partial charge in [0.15, 0.2) is 0 Å². The summed E-state index contributed by atoms with van der Waals surface area (Å²) in [4.78, 5) is 12.3. The van der Waals surface area contributed by atoms with Gasteiger partial charge in [0, 0.05) is 16.9 Å².